The smallest absolute Gasteiger partial charge is 0.147 e. The minimum atomic E-state index is -2.80. The summed E-state index contributed by atoms with van der Waals surface area (Å²) in [7, 11) is -1.15. The Balaban J connectivity index is 3.27. The summed E-state index contributed by atoms with van der Waals surface area (Å²) < 4.78 is 26.5. The van der Waals surface area contributed by atoms with Crippen LogP contribution >= 0.6 is 0 Å². The molecule has 0 aromatic heterocycles. The van der Waals surface area contributed by atoms with Gasteiger partial charge in [0, 0.05) is 19.9 Å². The molecule has 0 bridgehead atoms. The highest BCUT2D eigenvalue weighted by Gasteiger charge is 2.01. The highest BCUT2D eigenvalue weighted by atomic mass is 32.2. The maximum Gasteiger partial charge on any atom is 0.147 e. The summed E-state index contributed by atoms with van der Waals surface area (Å²) in [4.78, 5) is 0. The van der Waals surface area contributed by atoms with Crippen molar-refractivity contribution in [1.82, 2.24) is 5.32 Å². The number of ether oxygens (including phenoxy) is 1. The zero-order valence-corrected chi connectivity index (χ0v) is 9.36. The SMILES string of the molecule is COC(C)CNCCCS(C)(=O)=O. The van der Waals surface area contributed by atoms with Crippen molar-refractivity contribution in [1.29, 1.82) is 0 Å². The molecule has 0 aliphatic rings. The van der Waals surface area contributed by atoms with Gasteiger partial charge < -0.3 is 10.1 Å². The van der Waals surface area contributed by atoms with Crippen molar-refractivity contribution in [3.63, 3.8) is 0 Å². The summed E-state index contributed by atoms with van der Waals surface area (Å²) in [5.74, 6) is 0.251. The Morgan fingerprint density at radius 1 is 1.46 bits per heavy atom. The average Bonchev–Trinajstić information content (AvgIpc) is 2.01. The quantitative estimate of drug-likeness (QED) is 0.602. The van der Waals surface area contributed by atoms with Crippen LogP contribution in [0.25, 0.3) is 0 Å². The first-order chi connectivity index (χ1) is 5.95. The van der Waals surface area contributed by atoms with Crippen LogP contribution in [0.5, 0.6) is 0 Å². The molecule has 0 rings (SSSR count). The van der Waals surface area contributed by atoms with Crippen LogP contribution < -0.4 is 5.32 Å². The molecule has 1 N–H and O–H groups in total. The number of hydrogen-bond donors (Lipinski definition) is 1. The largest absolute Gasteiger partial charge is 0.380 e. The van der Waals surface area contributed by atoms with E-state index in [2.05, 4.69) is 5.32 Å². The monoisotopic (exact) mass is 209 g/mol. The Hall–Kier alpha value is -0.130. The summed E-state index contributed by atoms with van der Waals surface area (Å²) in [5.41, 5.74) is 0. The number of rotatable bonds is 7. The van der Waals surface area contributed by atoms with Crippen LogP contribution in [0.4, 0.5) is 0 Å². The molecule has 0 amide bonds. The van der Waals surface area contributed by atoms with Crippen molar-refractivity contribution < 1.29 is 13.2 Å². The van der Waals surface area contributed by atoms with E-state index in [-0.39, 0.29) is 11.9 Å². The third-order valence-electron chi connectivity index (χ3n) is 1.70. The first-order valence-electron chi connectivity index (χ1n) is 4.37. The van der Waals surface area contributed by atoms with Crippen molar-refractivity contribution in [3.8, 4) is 0 Å². The molecule has 0 spiro atoms. The average molecular weight is 209 g/mol. The summed E-state index contributed by atoms with van der Waals surface area (Å²) in [5, 5.41) is 3.12. The lowest BCUT2D eigenvalue weighted by atomic mass is 10.4. The van der Waals surface area contributed by atoms with Crippen LogP contribution in [0.3, 0.4) is 0 Å². The van der Waals surface area contributed by atoms with E-state index < -0.39 is 9.84 Å². The molecular formula is C8H19NO3S. The molecule has 0 aliphatic carbocycles. The first kappa shape index (κ1) is 12.9. The van der Waals surface area contributed by atoms with Gasteiger partial charge in [0.1, 0.15) is 9.84 Å². The van der Waals surface area contributed by atoms with Gasteiger partial charge in [-0.25, -0.2) is 8.42 Å². The molecule has 80 valence electrons. The molecular weight excluding hydrogens is 190 g/mol. The molecule has 13 heavy (non-hydrogen) atoms. The van der Waals surface area contributed by atoms with Gasteiger partial charge in [0.15, 0.2) is 0 Å². The normalized spacial score (nSPS) is 14.4. The van der Waals surface area contributed by atoms with E-state index in [1.54, 1.807) is 7.11 Å². The third kappa shape index (κ3) is 9.79. The summed E-state index contributed by atoms with van der Waals surface area (Å²) in [6.07, 6.45) is 2.10. The topological polar surface area (TPSA) is 55.4 Å². The lowest BCUT2D eigenvalue weighted by Crippen LogP contribution is -2.27. The second-order valence-electron chi connectivity index (χ2n) is 3.23. The fraction of sp³-hybridized carbons (Fsp3) is 1.00. The van der Waals surface area contributed by atoms with E-state index in [1.165, 1.54) is 6.26 Å². The second kappa shape index (κ2) is 6.34. The highest BCUT2D eigenvalue weighted by Crippen LogP contribution is 1.88. The maximum atomic E-state index is 10.7. The van der Waals surface area contributed by atoms with E-state index >= 15 is 0 Å². The fourth-order valence-electron chi connectivity index (χ4n) is 0.848. The molecule has 0 aromatic rings. The maximum absolute atomic E-state index is 10.7. The fourth-order valence-corrected chi connectivity index (χ4v) is 1.52. The zero-order valence-electron chi connectivity index (χ0n) is 8.54. The van der Waals surface area contributed by atoms with Crippen LogP contribution in [0, 0.1) is 0 Å². The lowest BCUT2D eigenvalue weighted by Gasteiger charge is -2.09. The van der Waals surface area contributed by atoms with Crippen LogP contribution in [0.2, 0.25) is 0 Å². The van der Waals surface area contributed by atoms with Gasteiger partial charge in [0.2, 0.25) is 0 Å². The van der Waals surface area contributed by atoms with Gasteiger partial charge in [-0.05, 0) is 19.9 Å². The van der Waals surface area contributed by atoms with Gasteiger partial charge >= 0.3 is 0 Å². The van der Waals surface area contributed by atoms with Gasteiger partial charge in [-0.3, -0.25) is 0 Å². The van der Waals surface area contributed by atoms with Crippen molar-refractivity contribution in [3.05, 3.63) is 0 Å². The number of sulfone groups is 1. The summed E-state index contributed by atoms with van der Waals surface area (Å²) in [6.45, 7) is 3.45. The van der Waals surface area contributed by atoms with Gasteiger partial charge in [0.25, 0.3) is 0 Å². The van der Waals surface area contributed by atoms with Crippen LogP contribution in [-0.4, -0.2) is 46.7 Å². The molecule has 0 radical (unpaired) electrons. The molecule has 0 aromatic carbocycles. The highest BCUT2D eigenvalue weighted by molar-refractivity contribution is 7.90. The second-order valence-corrected chi connectivity index (χ2v) is 5.49. The number of methoxy groups -OCH3 is 1. The summed E-state index contributed by atoms with van der Waals surface area (Å²) >= 11 is 0. The van der Waals surface area contributed by atoms with Crippen molar-refractivity contribution in [2.24, 2.45) is 0 Å². The van der Waals surface area contributed by atoms with E-state index in [1.807, 2.05) is 6.92 Å². The Labute approximate surface area is 80.6 Å². The molecule has 4 nitrogen and oxygen atoms in total. The van der Waals surface area contributed by atoms with Gasteiger partial charge in [-0.1, -0.05) is 0 Å². The van der Waals surface area contributed by atoms with Crippen molar-refractivity contribution in [2.45, 2.75) is 19.4 Å². The minimum absolute atomic E-state index is 0.179. The lowest BCUT2D eigenvalue weighted by molar-refractivity contribution is 0.117. The standard InChI is InChI=1S/C8H19NO3S/c1-8(12-2)7-9-5-4-6-13(3,10)11/h8-9H,4-7H2,1-3H3. The van der Waals surface area contributed by atoms with E-state index in [0.29, 0.717) is 6.42 Å². The molecule has 1 unspecified atom stereocenters. The van der Waals surface area contributed by atoms with Crippen LogP contribution in [0.15, 0.2) is 0 Å². The van der Waals surface area contributed by atoms with Crippen LogP contribution in [-0.2, 0) is 14.6 Å². The predicted molar refractivity (Wildman–Crippen MR) is 53.7 cm³/mol. The van der Waals surface area contributed by atoms with Crippen molar-refractivity contribution >= 4 is 9.84 Å². The molecule has 0 saturated heterocycles. The zero-order chi connectivity index (χ0) is 10.3. The van der Waals surface area contributed by atoms with E-state index in [9.17, 15) is 8.42 Å². The van der Waals surface area contributed by atoms with Gasteiger partial charge in [-0.15, -0.1) is 0 Å². The Morgan fingerprint density at radius 3 is 2.54 bits per heavy atom. The van der Waals surface area contributed by atoms with Crippen molar-refractivity contribution in [2.75, 3.05) is 32.2 Å². The molecule has 0 fully saturated rings. The Kier molecular flexibility index (Phi) is 6.28. The number of nitrogens with one attached hydrogen (secondary N) is 1. The minimum Gasteiger partial charge on any atom is -0.380 e. The first-order valence-corrected chi connectivity index (χ1v) is 6.43. The van der Waals surface area contributed by atoms with Gasteiger partial charge in [-0.2, -0.15) is 0 Å². The van der Waals surface area contributed by atoms with Gasteiger partial charge in [0.05, 0.1) is 11.9 Å². The molecule has 0 heterocycles. The molecule has 1 atom stereocenters. The van der Waals surface area contributed by atoms with Crippen LogP contribution in [0.1, 0.15) is 13.3 Å². The predicted octanol–water partition coefficient (Wildman–Crippen LogP) is 0.0456. The van der Waals surface area contributed by atoms with E-state index in [0.717, 1.165) is 13.1 Å². The Bertz CT molecular complexity index is 213. The molecule has 0 aliphatic heterocycles. The third-order valence-corrected chi connectivity index (χ3v) is 2.73. The molecule has 5 heteroatoms. The Morgan fingerprint density at radius 2 is 2.08 bits per heavy atom. The number of hydrogen-bond acceptors (Lipinski definition) is 4. The van der Waals surface area contributed by atoms with E-state index in [4.69, 9.17) is 4.74 Å². The summed E-state index contributed by atoms with van der Waals surface area (Å²) in [6, 6.07) is 0. The molecule has 0 saturated carbocycles.